The fraction of sp³-hybridized carbons (Fsp3) is 0.286. The molecule has 5 heteroatoms. The van der Waals surface area contributed by atoms with Gasteiger partial charge in [-0.3, -0.25) is 14.8 Å². The molecule has 134 valence electrons. The Balaban J connectivity index is 2.10. The summed E-state index contributed by atoms with van der Waals surface area (Å²) < 4.78 is 6.09. The Bertz CT molecular complexity index is 906. The van der Waals surface area contributed by atoms with E-state index in [0.717, 1.165) is 34.9 Å². The van der Waals surface area contributed by atoms with Gasteiger partial charge in [0.1, 0.15) is 11.3 Å². The first-order valence-electron chi connectivity index (χ1n) is 8.89. The molecule has 26 heavy (non-hydrogen) atoms. The van der Waals surface area contributed by atoms with Crippen LogP contribution in [0, 0.1) is 5.92 Å². The molecule has 1 amide bonds. The quantitative estimate of drug-likeness (QED) is 0.693. The molecule has 0 atom stereocenters. The summed E-state index contributed by atoms with van der Waals surface area (Å²) in [5, 5.41) is 0.786. The van der Waals surface area contributed by atoms with Gasteiger partial charge >= 0.3 is 0 Å². The minimum absolute atomic E-state index is 0.312. The number of carbonyl (C=O) groups excluding carboxylic acids is 1. The first-order valence-corrected chi connectivity index (χ1v) is 8.89. The molecule has 3 aromatic rings. The number of carbonyl (C=O) groups is 1. The lowest BCUT2D eigenvalue weighted by atomic mass is 10.0. The second-order valence-electron chi connectivity index (χ2n) is 6.33. The monoisotopic (exact) mass is 349 g/mol. The van der Waals surface area contributed by atoms with Gasteiger partial charge in [-0.25, -0.2) is 0 Å². The molecule has 3 rings (SSSR count). The van der Waals surface area contributed by atoms with Crippen LogP contribution in [0.3, 0.4) is 0 Å². The van der Waals surface area contributed by atoms with E-state index in [1.165, 1.54) is 6.20 Å². The zero-order valence-corrected chi connectivity index (χ0v) is 15.1. The lowest BCUT2D eigenvalue weighted by Crippen LogP contribution is -2.16. The largest absolute Gasteiger partial charge is 0.492 e. The predicted molar refractivity (Wildman–Crippen MR) is 103 cm³/mol. The highest BCUT2D eigenvalue weighted by molar-refractivity contribution is 6.02. The van der Waals surface area contributed by atoms with E-state index in [2.05, 4.69) is 23.8 Å². The predicted octanol–water partition coefficient (Wildman–Crippen LogP) is 4.21. The van der Waals surface area contributed by atoms with Gasteiger partial charge in [0.15, 0.2) is 0 Å². The molecule has 0 bridgehead atoms. The van der Waals surface area contributed by atoms with Crippen LogP contribution < -0.4 is 10.5 Å². The molecule has 0 saturated heterocycles. The molecule has 2 N–H and O–H groups in total. The number of ether oxygens (including phenoxy) is 1. The molecule has 1 aromatic carbocycles. The standard InChI is InChI=1S/C21H23N3O2/c1-3-14(4-2)13-26-20-17-10-15(16-6-5-9-23-11-16)7-8-19(17)24-12-18(20)21(22)25/h5-12,14H,3-4,13H2,1-2H3,(H2,22,25). The second kappa shape index (κ2) is 7.95. The average molecular weight is 349 g/mol. The van der Waals surface area contributed by atoms with Crippen LogP contribution >= 0.6 is 0 Å². The van der Waals surface area contributed by atoms with Crippen molar-refractivity contribution < 1.29 is 9.53 Å². The summed E-state index contributed by atoms with van der Waals surface area (Å²) in [4.78, 5) is 20.4. The zero-order chi connectivity index (χ0) is 18.5. The molecule has 0 radical (unpaired) electrons. The van der Waals surface area contributed by atoms with Crippen molar-refractivity contribution in [1.29, 1.82) is 0 Å². The number of nitrogens with two attached hydrogens (primary N) is 1. The SMILES string of the molecule is CCC(CC)COc1c(C(N)=O)cnc2ccc(-c3cccnc3)cc12. The van der Waals surface area contributed by atoms with Crippen LogP contribution in [0.15, 0.2) is 48.9 Å². The summed E-state index contributed by atoms with van der Waals surface area (Å²) in [6.07, 6.45) is 7.08. The average Bonchev–Trinajstić information content (AvgIpc) is 2.68. The van der Waals surface area contributed by atoms with Gasteiger partial charge in [0.05, 0.1) is 12.1 Å². The molecule has 0 saturated carbocycles. The highest BCUT2D eigenvalue weighted by Crippen LogP contribution is 2.32. The fourth-order valence-electron chi connectivity index (χ4n) is 2.94. The van der Waals surface area contributed by atoms with Crippen LogP contribution in [0.5, 0.6) is 5.75 Å². The molecule has 0 unspecified atom stereocenters. The fourth-order valence-corrected chi connectivity index (χ4v) is 2.94. The van der Waals surface area contributed by atoms with Crippen molar-refractivity contribution in [3.8, 4) is 16.9 Å². The molecule has 2 aromatic heterocycles. The second-order valence-corrected chi connectivity index (χ2v) is 6.33. The summed E-state index contributed by atoms with van der Waals surface area (Å²) in [5.41, 5.74) is 8.61. The van der Waals surface area contributed by atoms with Gasteiger partial charge in [0.2, 0.25) is 0 Å². The summed E-state index contributed by atoms with van der Waals surface area (Å²) in [7, 11) is 0. The van der Waals surface area contributed by atoms with Gasteiger partial charge < -0.3 is 10.5 Å². The third kappa shape index (κ3) is 3.67. The summed E-state index contributed by atoms with van der Waals surface area (Å²) in [5.74, 6) is 0.409. The molecule has 0 aliphatic carbocycles. The molecular weight excluding hydrogens is 326 g/mol. The van der Waals surface area contributed by atoms with E-state index >= 15 is 0 Å². The number of rotatable bonds is 7. The van der Waals surface area contributed by atoms with Crippen LogP contribution in [-0.4, -0.2) is 22.5 Å². The Morgan fingerprint density at radius 3 is 2.62 bits per heavy atom. The summed E-state index contributed by atoms with van der Waals surface area (Å²) >= 11 is 0. The third-order valence-electron chi connectivity index (χ3n) is 4.70. The maximum Gasteiger partial charge on any atom is 0.254 e. The van der Waals surface area contributed by atoms with Crippen LogP contribution in [0.25, 0.3) is 22.0 Å². The van der Waals surface area contributed by atoms with Crippen molar-refractivity contribution in [3.05, 3.63) is 54.5 Å². The number of amides is 1. The van der Waals surface area contributed by atoms with E-state index < -0.39 is 5.91 Å². The Kier molecular flexibility index (Phi) is 5.46. The molecule has 2 heterocycles. The van der Waals surface area contributed by atoms with Gasteiger partial charge in [-0.1, -0.05) is 38.8 Å². The number of primary amides is 1. The minimum atomic E-state index is -0.536. The van der Waals surface area contributed by atoms with Gasteiger partial charge in [-0.15, -0.1) is 0 Å². The number of benzene rings is 1. The molecule has 0 fully saturated rings. The minimum Gasteiger partial charge on any atom is -0.492 e. The molecule has 0 spiro atoms. The number of pyridine rings is 2. The maximum atomic E-state index is 11.9. The van der Waals surface area contributed by atoms with Crippen LogP contribution in [0.1, 0.15) is 37.0 Å². The highest BCUT2D eigenvalue weighted by atomic mass is 16.5. The Morgan fingerprint density at radius 1 is 1.15 bits per heavy atom. The number of fused-ring (bicyclic) bond motifs is 1. The van der Waals surface area contributed by atoms with Crippen molar-refractivity contribution in [2.45, 2.75) is 26.7 Å². The van der Waals surface area contributed by atoms with E-state index in [9.17, 15) is 4.79 Å². The Morgan fingerprint density at radius 2 is 1.96 bits per heavy atom. The van der Waals surface area contributed by atoms with E-state index in [-0.39, 0.29) is 0 Å². The first-order chi connectivity index (χ1) is 12.6. The van der Waals surface area contributed by atoms with Crippen molar-refractivity contribution in [2.24, 2.45) is 11.7 Å². The van der Waals surface area contributed by atoms with Gasteiger partial charge in [-0.2, -0.15) is 0 Å². The molecular formula is C21H23N3O2. The molecule has 0 aliphatic heterocycles. The van der Waals surface area contributed by atoms with Crippen molar-refractivity contribution >= 4 is 16.8 Å². The molecule has 0 aliphatic rings. The highest BCUT2D eigenvalue weighted by Gasteiger charge is 2.17. The number of hydrogen-bond donors (Lipinski definition) is 1. The van der Waals surface area contributed by atoms with Crippen molar-refractivity contribution in [1.82, 2.24) is 9.97 Å². The smallest absolute Gasteiger partial charge is 0.254 e. The van der Waals surface area contributed by atoms with Crippen LogP contribution in [-0.2, 0) is 0 Å². The van der Waals surface area contributed by atoms with Crippen LogP contribution in [0.4, 0.5) is 0 Å². The first kappa shape index (κ1) is 17.9. The maximum absolute atomic E-state index is 11.9. The van der Waals surface area contributed by atoms with Crippen molar-refractivity contribution in [3.63, 3.8) is 0 Å². The summed E-state index contributed by atoms with van der Waals surface area (Å²) in [6, 6.07) is 9.77. The lowest BCUT2D eigenvalue weighted by molar-refractivity contribution is 0.0995. The third-order valence-corrected chi connectivity index (χ3v) is 4.70. The van der Waals surface area contributed by atoms with Gasteiger partial charge in [0.25, 0.3) is 5.91 Å². The number of nitrogens with zero attached hydrogens (tertiary/aromatic N) is 2. The van der Waals surface area contributed by atoms with E-state index in [4.69, 9.17) is 10.5 Å². The number of hydrogen-bond acceptors (Lipinski definition) is 4. The Labute approximate surface area is 153 Å². The van der Waals surface area contributed by atoms with E-state index in [1.54, 1.807) is 12.4 Å². The molecule has 5 nitrogen and oxygen atoms in total. The van der Waals surface area contributed by atoms with E-state index in [0.29, 0.717) is 23.8 Å². The zero-order valence-electron chi connectivity index (χ0n) is 15.1. The van der Waals surface area contributed by atoms with E-state index in [1.807, 2.05) is 30.3 Å². The lowest BCUT2D eigenvalue weighted by Gasteiger charge is -2.17. The van der Waals surface area contributed by atoms with Gasteiger partial charge in [0, 0.05) is 29.5 Å². The van der Waals surface area contributed by atoms with Gasteiger partial charge in [-0.05, 0) is 29.7 Å². The normalized spacial score (nSPS) is 11.0. The van der Waals surface area contributed by atoms with Crippen molar-refractivity contribution in [2.75, 3.05) is 6.61 Å². The number of aromatic nitrogens is 2. The van der Waals surface area contributed by atoms with Crippen LogP contribution in [0.2, 0.25) is 0 Å². The summed E-state index contributed by atoms with van der Waals surface area (Å²) in [6.45, 7) is 4.82. The topological polar surface area (TPSA) is 78.1 Å². The Hall–Kier alpha value is -2.95.